The first-order valence-corrected chi connectivity index (χ1v) is 8.03. The van der Waals surface area contributed by atoms with Gasteiger partial charge in [0, 0.05) is 0 Å². The molecule has 2 rings (SSSR count). The molecule has 0 aliphatic heterocycles. The third-order valence-corrected chi connectivity index (χ3v) is 3.53. The summed E-state index contributed by atoms with van der Waals surface area (Å²) in [5.41, 5.74) is 1.15. The van der Waals surface area contributed by atoms with Crippen molar-refractivity contribution >= 4 is 23.5 Å². The SMILES string of the molecule is CCOc1ccc(OCC)c(C(=O)C=Cc2ccc(O)c(Cl)c2)c1. The first-order valence-electron chi connectivity index (χ1n) is 7.65. The van der Waals surface area contributed by atoms with Gasteiger partial charge in [-0.05, 0) is 55.8 Å². The molecule has 5 heteroatoms. The number of rotatable bonds is 7. The van der Waals surface area contributed by atoms with E-state index in [1.807, 2.05) is 13.8 Å². The van der Waals surface area contributed by atoms with Gasteiger partial charge >= 0.3 is 0 Å². The van der Waals surface area contributed by atoms with Crippen molar-refractivity contribution in [2.45, 2.75) is 13.8 Å². The molecule has 0 spiro atoms. The van der Waals surface area contributed by atoms with Crippen LogP contribution in [0.3, 0.4) is 0 Å². The quantitative estimate of drug-likeness (QED) is 0.581. The maximum Gasteiger partial charge on any atom is 0.189 e. The van der Waals surface area contributed by atoms with E-state index in [-0.39, 0.29) is 16.6 Å². The van der Waals surface area contributed by atoms with Crippen LogP contribution in [-0.4, -0.2) is 24.1 Å². The molecule has 0 aliphatic rings. The third-order valence-electron chi connectivity index (χ3n) is 3.23. The van der Waals surface area contributed by atoms with Crippen molar-refractivity contribution in [2.75, 3.05) is 13.2 Å². The summed E-state index contributed by atoms with van der Waals surface area (Å²) < 4.78 is 11.0. The molecule has 2 aromatic rings. The standard InChI is InChI=1S/C19H19ClO4/c1-3-23-14-7-10-19(24-4-2)15(12-14)17(21)8-5-13-6-9-18(22)16(20)11-13/h5-12,22H,3-4H2,1-2H3. The summed E-state index contributed by atoms with van der Waals surface area (Å²) in [7, 11) is 0. The zero-order chi connectivity index (χ0) is 17.5. The molecule has 0 saturated carbocycles. The summed E-state index contributed by atoms with van der Waals surface area (Å²) in [6.45, 7) is 4.72. The van der Waals surface area contributed by atoms with E-state index in [4.69, 9.17) is 21.1 Å². The molecule has 126 valence electrons. The van der Waals surface area contributed by atoms with Crippen LogP contribution in [0.4, 0.5) is 0 Å². The van der Waals surface area contributed by atoms with Gasteiger partial charge in [-0.3, -0.25) is 4.79 Å². The normalized spacial score (nSPS) is 10.8. The third kappa shape index (κ3) is 4.52. The van der Waals surface area contributed by atoms with Crippen LogP contribution in [0.25, 0.3) is 6.08 Å². The zero-order valence-electron chi connectivity index (χ0n) is 13.6. The predicted octanol–water partition coefficient (Wildman–Crippen LogP) is 4.74. The van der Waals surface area contributed by atoms with Gasteiger partial charge in [-0.15, -0.1) is 0 Å². The minimum atomic E-state index is -0.204. The van der Waals surface area contributed by atoms with Crippen molar-refractivity contribution in [1.29, 1.82) is 0 Å². The van der Waals surface area contributed by atoms with Crippen LogP contribution in [-0.2, 0) is 0 Å². The smallest absolute Gasteiger partial charge is 0.189 e. The van der Waals surface area contributed by atoms with Crippen molar-refractivity contribution in [3.63, 3.8) is 0 Å². The molecule has 0 aliphatic carbocycles. The Morgan fingerprint density at radius 1 is 1.12 bits per heavy atom. The Hall–Kier alpha value is -2.46. The maximum atomic E-state index is 12.5. The number of ketones is 1. The van der Waals surface area contributed by atoms with Crippen LogP contribution >= 0.6 is 11.6 Å². The summed E-state index contributed by atoms with van der Waals surface area (Å²) >= 11 is 5.86. The summed E-state index contributed by atoms with van der Waals surface area (Å²) in [4.78, 5) is 12.5. The van der Waals surface area contributed by atoms with Crippen LogP contribution in [0.15, 0.2) is 42.5 Å². The Morgan fingerprint density at radius 2 is 1.88 bits per heavy atom. The molecule has 4 nitrogen and oxygen atoms in total. The monoisotopic (exact) mass is 346 g/mol. The summed E-state index contributed by atoms with van der Waals surface area (Å²) in [6, 6.07) is 9.91. The summed E-state index contributed by atoms with van der Waals surface area (Å²) in [6.07, 6.45) is 3.08. The van der Waals surface area contributed by atoms with Crippen molar-refractivity contribution in [2.24, 2.45) is 0 Å². The van der Waals surface area contributed by atoms with Crippen LogP contribution in [0.2, 0.25) is 5.02 Å². The molecular weight excluding hydrogens is 328 g/mol. The minimum absolute atomic E-state index is 0.00295. The number of aromatic hydroxyl groups is 1. The molecule has 0 radical (unpaired) electrons. The number of phenolic OH excluding ortho intramolecular Hbond substituents is 1. The average Bonchev–Trinajstić information content (AvgIpc) is 2.57. The number of hydrogen-bond donors (Lipinski definition) is 1. The van der Waals surface area contributed by atoms with Crippen LogP contribution in [0, 0.1) is 0 Å². The van der Waals surface area contributed by atoms with Gasteiger partial charge in [-0.2, -0.15) is 0 Å². The lowest BCUT2D eigenvalue weighted by Crippen LogP contribution is -2.03. The molecule has 0 fully saturated rings. The molecule has 0 saturated heterocycles. The Kier molecular flexibility index (Phi) is 6.27. The van der Waals surface area contributed by atoms with E-state index in [2.05, 4.69) is 0 Å². The number of benzene rings is 2. The number of hydrogen-bond acceptors (Lipinski definition) is 4. The van der Waals surface area contributed by atoms with Crippen molar-refractivity contribution in [3.05, 3.63) is 58.6 Å². The molecule has 0 unspecified atom stereocenters. The topological polar surface area (TPSA) is 55.8 Å². The van der Waals surface area contributed by atoms with E-state index in [9.17, 15) is 9.90 Å². The lowest BCUT2D eigenvalue weighted by Gasteiger charge is -2.10. The predicted molar refractivity (Wildman–Crippen MR) is 95.3 cm³/mol. The average molecular weight is 347 g/mol. The highest BCUT2D eigenvalue weighted by Gasteiger charge is 2.12. The van der Waals surface area contributed by atoms with E-state index in [0.29, 0.717) is 35.8 Å². The van der Waals surface area contributed by atoms with Crippen LogP contribution < -0.4 is 9.47 Å². The Labute approximate surface area is 146 Å². The molecule has 0 amide bonds. The van der Waals surface area contributed by atoms with Crippen molar-refractivity contribution in [3.8, 4) is 17.2 Å². The lowest BCUT2D eigenvalue weighted by atomic mass is 10.1. The lowest BCUT2D eigenvalue weighted by molar-refractivity contribution is 0.104. The second-order valence-corrected chi connectivity index (χ2v) is 5.34. The van der Waals surface area contributed by atoms with Crippen molar-refractivity contribution in [1.82, 2.24) is 0 Å². The molecule has 0 bridgehead atoms. The van der Waals surface area contributed by atoms with E-state index in [1.165, 1.54) is 12.1 Å². The first kappa shape index (κ1) is 17.9. The molecule has 0 atom stereocenters. The van der Waals surface area contributed by atoms with E-state index >= 15 is 0 Å². The van der Waals surface area contributed by atoms with Gasteiger partial charge in [0.2, 0.25) is 0 Å². The van der Waals surface area contributed by atoms with Gasteiger partial charge < -0.3 is 14.6 Å². The second-order valence-electron chi connectivity index (χ2n) is 4.93. The highest BCUT2D eigenvalue weighted by Crippen LogP contribution is 2.27. The Balaban J connectivity index is 2.27. The fourth-order valence-electron chi connectivity index (χ4n) is 2.13. The van der Waals surface area contributed by atoms with Gasteiger partial charge in [-0.1, -0.05) is 23.7 Å². The zero-order valence-corrected chi connectivity index (χ0v) is 14.3. The number of carbonyl (C=O) groups is 1. The van der Waals surface area contributed by atoms with Gasteiger partial charge in [0.15, 0.2) is 5.78 Å². The highest BCUT2D eigenvalue weighted by atomic mass is 35.5. The number of phenols is 1. The van der Waals surface area contributed by atoms with Gasteiger partial charge in [-0.25, -0.2) is 0 Å². The largest absolute Gasteiger partial charge is 0.506 e. The molecule has 0 heterocycles. The van der Waals surface area contributed by atoms with Gasteiger partial charge in [0.25, 0.3) is 0 Å². The van der Waals surface area contributed by atoms with E-state index in [0.717, 1.165) is 0 Å². The van der Waals surface area contributed by atoms with Crippen molar-refractivity contribution < 1.29 is 19.4 Å². The molecular formula is C19H19ClO4. The van der Waals surface area contributed by atoms with E-state index < -0.39 is 0 Å². The molecule has 24 heavy (non-hydrogen) atoms. The van der Waals surface area contributed by atoms with Crippen LogP contribution in [0.5, 0.6) is 17.2 Å². The van der Waals surface area contributed by atoms with Gasteiger partial charge in [0.05, 0.1) is 23.8 Å². The maximum absolute atomic E-state index is 12.5. The number of halogens is 1. The van der Waals surface area contributed by atoms with Gasteiger partial charge in [0.1, 0.15) is 17.2 Å². The number of carbonyl (C=O) groups excluding carboxylic acids is 1. The Bertz CT molecular complexity index is 753. The fourth-order valence-corrected chi connectivity index (χ4v) is 2.32. The molecule has 0 aromatic heterocycles. The fraction of sp³-hybridized carbons (Fsp3) is 0.211. The first-order chi connectivity index (χ1) is 11.5. The van der Waals surface area contributed by atoms with E-state index in [1.54, 1.807) is 36.4 Å². The molecule has 2 aromatic carbocycles. The second kappa shape index (κ2) is 8.41. The summed E-state index contributed by atoms with van der Waals surface area (Å²) in [5.74, 6) is 0.928. The summed E-state index contributed by atoms with van der Waals surface area (Å²) in [5, 5.41) is 9.66. The molecule has 1 N–H and O–H groups in total. The van der Waals surface area contributed by atoms with Crippen LogP contribution in [0.1, 0.15) is 29.8 Å². The number of allylic oxidation sites excluding steroid dienone is 1. The Morgan fingerprint density at radius 3 is 2.54 bits per heavy atom. The minimum Gasteiger partial charge on any atom is -0.506 e. The highest BCUT2D eigenvalue weighted by molar-refractivity contribution is 6.32. The number of ether oxygens (including phenoxy) is 2.